The van der Waals surface area contributed by atoms with Crippen molar-refractivity contribution < 1.29 is 9.53 Å². The average Bonchev–Trinajstić information content (AvgIpc) is 2.97. The van der Waals surface area contributed by atoms with Crippen LogP contribution in [-0.4, -0.2) is 59.8 Å². The molecule has 0 atom stereocenters. The molecule has 3 heterocycles. The number of carbonyl (C=O) groups excluding carboxylic acids is 1. The molecule has 0 radical (unpaired) electrons. The molecule has 3 N–H and O–H groups in total. The highest BCUT2D eigenvalue weighted by atomic mass is 35.5. The molecule has 2 aromatic carbocycles. The van der Waals surface area contributed by atoms with Crippen LogP contribution in [0.3, 0.4) is 0 Å². The SMILES string of the molecule is Cc1ccc(NC(=O)c2cccc(Cl)c2)cc1-c1cc2cnc(CCCN)cc2n(CCN2CCOCC2)c1=O. The van der Waals surface area contributed by atoms with Crippen molar-refractivity contribution in [3.05, 3.63) is 93.0 Å². The largest absolute Gasteiger partial charge is 0.379 e. The number of pyridine rings is 2. The summed E-state index contributed by atoms with van der Waals surface area (Å²) in [5.41, 5.74) is 10.8. The van der Waals surface area contributed by atoms with E-state index in [2.05, 4.69) is 15.2 Å². The van der Waals surface area contributed by atoms with Crippen molar-refractivity contribution in [2.75, 3.05) is 44.7 Å². The number of nitrogens with zero attached hydrogens (tertiary/aromatic N) is 3. The number of anilines is 1. The Morgan fingerprint density at radius 2 is 1.90 bits per heavy atom. The van der Waals surface area contributed by atoms with Gasteiger partial charge in [0, 0.05) is 65.3 Å². The topological polar surface area (TPSA) is 102 Å². The zero-order valence-electron chi connectivity index (χ0n) is 22.7. The van der Waals surface area contributed by atoms with Gasteiger partial charge in [-0.25, -0.2) is 0 Å². The van der Waals surface area contributed by atoms with E-state index in [4.69, 9.17) is 22.1 Å². The first-order valence-electron chi connectivity index (χ1n) is 13.6. The smallest absolute Gasteiger partial charge is 0.258 e. The maximum atomic E-state index is 14.1. The van der Waals surface area contributed by atoms with Gasteiger partial charge in [0.2, 0.25) is 0 Å². The van der Waals surface area contributed by atoms with Crippen LogP contribution in [0.2, 0.25) is 5.02 Å². The number of benzene rings is 2. The lowest BCUT2D eigenvalue weighted by atomic mass is 9.99. The van der Waals surface area contributed by atoms with Crippen molar-refractivity contribution in [2.24, 2.45) is 5.73 Å². The van der Waals surface area contributed by atoms with Crippen LogP contribution in [0.15, 0.2) is 65.6 Å². The molecule has 4 aromatic rings. The van der Waals surface area contributed by atoms with Crippen LogP contribution in [0.1, 0.15) is 28.0 Å². The summed E-state index contributed by atoms with van der Waals surface area (Å²) in [5, 5.41) is 4.32. The third kappa shape index (κ3) is 6.42. The number of hydrogen-bond donors (Lipinski definition) is 2. The Morgan fingerprint density at radius 1 is 1.07 bits per heavy atom. The number of amides is 1. The van der Waals surface area contributed by atoms with Crippen molar-refractivity contribution in [1.82, 2.24) is 14.5 Å². The van der Waals surface area contributed by atoms with Crippen LogP contribution in [-0.2, 0) is 17.7 Å². The first-order valence-corrected chi connectivity index (χ1v) is 14.0. The van der Waals surface area contributed by atoms with Gasteiger partial charge in [-0.15, -0.1) is 0 Å². The molecule has 9 heteroatoms. The fraction of sp³-hybridized carbons (Fsp3) is 0.323. The van der Waals surface area contributed by atoms with E-state index in [1.807, 2.05) is 48.0 Å². The Bertz CT molecular complexity index is 1580. The van der Waals surface area contributed by atoms with Gasteiger partial charge >= 0.3 is 0 Å². The molecule has 1 aliphatic rings. The molecule has 1 amide bonds. The number of rotatable bonds is 9. The minimum Gasteiger partial charge on any atom is -0.379 e. The van der Waals surface area contributed by atoms with Crippen molar-refractivity contribution >= 4 is 34.1 Å². The van der Waals surface area contributed by atoms with E-state index in [0.29, 0.717) is 48.1 Å². The van der Waals surface area contributed by atoms with Gasteiger partial charge in [-0.1, -0.05) is 23.7 Å². The Labute approximate surface area is 238 Å². The van der Waals surface area contributed by atoms with Crippen LogP contribution in [0.5, 0.6) is 0 Å². The van der Waals surface area contributed by atoms with E-state index < -0.39 is 0 Å². The van der Waals surface area contributed by atoms with Gasteiger partial charge in [0.05, 0.1) is 18.7 Å². The number of nitrogens with one attached hydrogen (secondary N) is 1. The van der Waals surface area contributed by atoms with Gasteiger partial charge in [-0.05, 0) is 79.9 Å². The number of ether oxygens (including phenoxy) is 1. The van der Waals surface area contributed by atoms with E-state index in [9.17, 15) is 9.59 Å². The highest BCUT2D eigenvalue weighted by Crippen LogP contribution is 2.28. The summed E-state index contributed by atoms with van der Waals surface area (Å²) in [5.74, 6) is -0.270. The number of nitrogens with two attached hydrogens (primary N) is 1. The molecule has 0 spiro atoms. The highest BCUT2D eigenvalue weighted by Gasteiger charge is 2.17. The highest BCUT2D eigenvalue weighted by molar-refractivity contribution is 6.31. The number of morpholine rings is 1. The second kappa shape index (κ2) is 12.7. The number of halogens is 1. The Kier molecular flexibility index (Phi) is 8.91. The van der Waals surface area contributed by atoms with Gasteiger partial charge in [-0.3, -0.25) is 19.5 Å². The molecule has 8 nitrogen and oxygen atoms in total. The second-order valence-corrected chi connectivity index (χ2v) is 10.5. The zero-order valence-corrected chi connectivity index (χ0v) is 23.4. The third-order valence-corrected chi connectivity index (χ3v) is 7.52. The van der Waals surface area contributed by atoms with E-state index in [1.165, 1.54) is 0 Å². The first kappa shape index (κ1) is 28.0. The van der Waals surface area contributed by atoms with Crippen molar-refractivity contribution in [3.8, 4) is 11.1 Å². The summed E-state index contributed by atoms with van der Waals surface area (Å²) >= 11 is 6.07. The molecular formula is C31H34ClN5O3. The van der Waals surface area contributed by atoms with Gasteiger partial charge in [0.25, 0.3) is 11.5 Å². The lowest BCUT2D eigenvalue weighted by molar-refractivity contribution is 0.0364. The Balaban J connectivity index is 1.53. The van der Waals surface area contributed by atoms with Gasteiger partial charge in [0.1, 0.15) is 0 Å². The normalized spacial score (nSPS) is 14.0. The standard InChI is InChI=1S/C31H34ClN5O3/c1-21-7-8-26(35-30(38)22-4-2-5-24(32)16-22)18-27(21)28-17-23-20-34-25(6-3-9-33)19-29(23)37(31(28)39)11-10-36-12-14-40-15-13-36/h2,4-5,7-8,16-20H,3,6,9-15,33H2,1H3,(H,35,38). The molecule has 208 valence electrons. The summed E-state index contributed by atoms with van der Waals surface area (Å²) in [4.78, 5) is 34.0. The molecule has 1 aliphatic heterocycles. The molecule has 40 heavy (non-hydrogen) atoms. The number of carbonyl (C=O) groups is 1. The summed E-state index contributed by atoms with van der Waals surface area (Å²) < 4.78 is 7.36. The zero-order chi connectivity index (χ0) is 28.1. The molecule has 0 bridgehead atoms. The molecule has 1 fully saturated rings. The quantitative estimate of drug-likeness (QED) is 0.313. The van der Waals surface area contributed by atoms with Crippen LogP contribution < -0.4 is 16.6 Å². The maximum absolute atomic E-state index is 14.1. The van der Waals surface area contributed by atoms with Crippen molar-refractivity contribution in [3.63, 3.8) is 0 Å². The van der Waals surface area contributed by atoms with Gasteiger partial charge in [-0.2, -0.15) is 0 Å². The monoisotopic (exact) mass is 559 g/mol. The van der Waals surface area contributed by atoms with E-state index in [-0.39, 0.29) is 11.5 Å². The number of fused-ring (bicyclic) bond motifs is 1. The third-order valence-electron chi connectivity index (χ3n) is 7.29. The van der Waals surface area contributed by atoms with E-state index >= 15 is 0 Å². The number of aryl methyl sites for hydroxylation is 2. The van der Waals surface area contributed by atoms with Gasteiger partial charge in [0.15, 0.2) is 0 Å². The minimum absolute atomic E-state index is 0.0712. The first-order chi connectivity index (χ1) is 19.4. The minimum atomic E-state index is -0.270. The predicted octanol–water partition coefficient (Wildman–Crippen LogP) is 4.50. The molecule has 5 rings (SSSR count). The fourth-order valence-corrected chi connectivity index (χ4v) is 5.23. The molecule has 0 unspecified atom stereocenters. The molecular weight excluding hydrogens is 526 g/mol. The Morgan fingerprint density at radius 3 is 2.67 bits per heavy atom. The predicted molar refractivity (Wildman–Crippen MR) is 160 cm³/mol. The second-order valence-electron chi connectivity index (χ2n) is 10.1. The van der Waals surface area contributed by atoms with E-state index in [0.717, 1.165) is 60.2 Å². The number of aromatic nitrogens is 2. The molecule has 0 saturated carbocycles. The lowest BCUT2D eigenvalue weighted by Crippen LogP contribution is -2.39. The summed E-state index contributed by atoms with van der Waals surface area (Å²) in [6.07, 6.45) is 3.44. The number of hydrogen-bond acceptors (Lipinski definition) is 6. The van der Waals surface area contributed by atoms with Crippen LogP contribution >= 0.6 is 11.6 Å². The van der Waals surface area contributed by atoms with Crippen molar-refractivity contribution in [1.29, 1.82) is 0 Å². The average molecular weight is 560 g/mol. The van der Waals surface area contributed by atoms with Crippen LogP contribution in [0, 0.1) is 6.92 Å². The van der Waals surface area contributed by atoms with Crippen LogP contribution in [0.4, 0.5) is 5.69 Å². The summed E-state index contributed by atoms with van der Waals surface area (Å²) in [7, 11) is 0. The van der Waals surface area contributed by atoms with Crippen molar-refractivity contribution in [2.45, 2.75) is 26.3 Å². The molecule has 0 aliphatic carbocycles. The molecule has 2 aromatic heterocycles. The fourth-order valence-electron chi connectivity index (χ4n) is 5.04. The summed E-state index contributed by atoms with van der Waals surface area (Å²) in [6, 6.07) is 16.3. The van der Waals surface area contributed by atoms with Gasteiger partial charge < -0.3 is 20.4 Å². The van der Waals surface area contributed by atoms with E-state index in [1.54, 1.807) is 24.3 Å². The lowest BCUT2D eigenvalue weighted by Gasteiger charge is -2.27. The molecule has 1 saturated heterocycles. The maximum Gasteiger partial charge on any atom is 0.258 e. The Hall–Kier alpha value is -3.56. The summed E-state index contributed by atoms with van der Waals surface area (Å²) in [6.45, 7) is 6.96. The van der Waals surface area contributed by atoms with Crippen LogP contribution in [0.25, 0.3) is 22.0 Å².